The van der Waals surface area contributed by atoms with Crippen LogP contribution < -0.4 is 5.32 Å². The third kappa shape index (κ3) is 4.38. The Morgan fingerprint density at radius 3 is 2.65 bits per heavy atom. The second kappa shape index (κ2) is 8.75. The van der Waals surface area contributed by atoms with Gasteiger partial charge in [-0.15, -0.1) is 0 Å². The van der Waals surface area contributed by atoms with Gasteiger partial charge in [-0.25, -0.2) is 4.79 Å². The van der Waals surface area contributed by atoms with Gasteiger partial charge in [0.15, 0.2) is 6.61 Å². The average Bonchev–Trinajstić information content (AvgIpc) is 3.36. The van der Waals surface area contributed by atoms with Crippen LogP contribution in [0.2, 0.25) is 0 Å². The first-order valence-electron chi connectivity index (χ1n) is 10.4. The van der Waals surface area contributed by atoms with Crippen LogP contribution in [0.4, 0.5) is 0 Å². The summed E-state index contributed by atoms with van der Waals surface area (Å²) in [6, 6.07) is 7.63. The van der Waals surface area contributed by atoms with E-state index in [4.69, 9.17) is 9.15 Å². The maximum atomic E-state index is 12.7. The lowest BCUT2D eigenvalue weighted by molar-refractivity contribution is -0.125. The summed E-state index contributed by atoms with van der Waals surface area (Å²) < 4.78 is 10.3. The van der Waals surface area contributed by atoms with Crippen molar-refractivity contribution < 1.29 is 28.3 Å². The lowest BCUT2D eigenvalue weighted by Crippen LogP contribution is -2.42. The van der Waals surface area contributed by atoms with Crippen LogP contribution in [0.15, 0.2) is 41.0 Å². The molecule has 2 aromatic rings. The molecule has 31 heavy (non-hydrogen) atoms. The number of furan rings is 1. The van der Waals surface area contributed by atoms with Crippen molar-refractivity contribution in [3.63, 3.8) is 0 Å². The molecular formula is C23H24N2O6. The van der Waals surface area contributed by atoms with Gasteiger partial charge in [0.1, 0.15) is 5.76 Å². The highest BCUT2D eigenvalue weighted by Crippen LogP contribution is 2.26. The summed E-state index contributed by atoms with van der Waals surface area (Å²) in [5.74, 6) is -1.14. The Morgan fingerprint density at radius 1 is 1.13 bits per heavy atom. The van der Waals surface area contributed by atoms with Crippen molar-refractivity contribution in [3.8, 4) is 0 Å². The van der Waals surface area contributed by atoms with E-state index in [1.54, 1.807) is 12.1 Å². The van der Waals surface area contributed by atoms with E-state index >= 15 is 0 Å². The molecule has 0 radical (unpaired) electrons. The van der Waals surface area contributed by atoms with E-state index in [2.05, 4.69) is 12.2 Å². The van der Waals surface area contributed by atoms with Gasteiger partial charge < -0.3 is 14.5 Å². The third-order valence-electron chi connectivity index (χ3n) is 5.89. The van der Waals surface area contributed by atoms with Crippen molar-refractivity contribution in [1.82, 2.24) is 10.2 Å². The van der Waals surface area contributed by atoms with Crippen LogP contribution in [0, 0.1) is 5.92 Å². The van der Waals surface area contributed by atoms with Gasteiger partial charge in [0, 0.05) is 6.04 Å². The number of nitrogens with zero attached hydrogens (tertiary/aromatic N) is 1. The molecule has 2 atom stereocenters. The summed E-state index contributed by atoms with van der Waals surface area (Å²) in [5.41, 5.74) is 0.460. The van der Waals surface area contributed by atoms with E-state index in [1.807, 2.05) is 0 Å². The van der Waals surface area contributed by atoms with Crippen molar-refractivity contribution in [1.29, 1.82) is 0 Å². The van der Waals surface area contributed by atoms with Crippen LogP contribution in [-0.2, 0) is 16.1 Å². The molecular weight excluding hydrogens is 400 g/mol. The van der Waals surface area contributed by atoms with Gasteiger partial charge in [0.05, 0.1) is 29.5 Å². The normalized spacial score (nSPS) is 20.5. The zero-order valence-corrected chi connectivity index (χ0v) is 17.3. The predicted octanol–water partition coefficient (Wildman–Crippen LogP) is 2.93. The van der Waals surface area contributed by atoms with Crippen molar-refractivity contribution >= 4 is 23.7 Å². The van der Waals surface area contributed by atoms with Crippen LogP contribution >= 0.6 is 0 Å². The summed E-state index contributed by atoms with van der Waals surface area (Å²) in [6.07, 6.45) is 5.71. The molecule has 8 nitrogen and oxygen atoms in total. The largest absolute Gasteiger partial charge is 0.467 e. The smallest absolute Gasteiger partial charge is 0.338 e. The predicted molar refractivity (Wildman–Crippen MR) is 109 cm³/mol. The van der Waals surface area contributed by atoms with Gasteiger partial charge in [-0.05, 0) is 49.1 Å². The molecule has 162 valence electrons. The van der Waals surface area contributed by atoms with Crippen molar-refractivity contribution in [2.24, 2.45) is 5.92 Å². The van der Waals surface area contributed by atoms with Crippen LogP contribution in [-0.4, -0.2) is 41.2 Å². The number of carbonyl (C=O) groups is 4. The molecule has 0 saturated heterocycles. The van der Waals surface area contributed by atoms with Crippen molar-refractivity contribution in [2.75, 3.05) is 6.61 Å². The Morgan fingerprint density at radius 2 is 1.90 bits per heavy atom. The van der Waals surface area contributed by atoms with E-state index in [-0.39, 0.29) is 35.2 Å². The van der Waals surface area contributed by atoms with Crippen molar-refractivity contribution in [3.05, 3.63) is 59.0 Å². The molecule has 1 aromatic heterocycles. The number of ether oxygens (including phenoxy) is 1. The molecule has 0 unspecified atom stereocenters. The quantitative estimate of drug-likeness (QED) is 0.565. The Labute approximate surface area is 179 Å². The summed E-state index contributed by atoms with van der Waals surface area (Å²) in [6.45, 7) is 1.73. The van der Waals surface area contributed by atoms with E-state index in [0.29, 0.717) is 11.7 Å². The third-order valence-corrected chi connectivity index (χ3v) is 5.89. The number of carbonyl (C=O) groups excluding carboxylic acids is 4. The topological polar surface area (TPSA) is 106 Å². The lowest BCUT2D eigenvalue weighted by atomic mass is 9.86. The van der Waals surface area contributed by atoms with Crippen LogP contribution in [0.1, 0.15) is 69.4 Å². The fourth-order valence-corrected chi connectivity index (χ4v) is 4.11. The number of amides is 3. The maximum absolute atomic E-state index is 12.7. The molecule has 1 aliphatic carbocycles. The molecule has 1 N–H and O–H groups in total. The Balaban J connectivity index is 1.37. The first kappa shape index (κ1) is 20.8. The zero-order valence-electron chi connectivity index (χ0n) is 17.3. The first-order valence-corrected chi connectivity index (χ1v) is 10.4. The fourth-order valence-electron chi connectivity index (χ4n) is 4.11. The monoisotopic (exact) mass is 424 g/mol. The summed E-state index contributed by atoms with van der Waals surface area (Å²) in [5, 5.41) is 2.93. The molecule has 2 aliphatic rings. The Kier molecular flexibility index (Phi) is 5.88. The SMILES string of the molecule is C[C@H]1CCCC[C@@H]1NC(=O)COC(=O)c1ccc2c(c1)C(=O)N(Cc1ccco1)C2=O. The number of rotatable bonds is 6. The van der Waals surface area contributed by atoms with Crippen LogP contribution in [0.25, 0.3) is 0 Å². The molecule has 1 aromatic carbocycles. The number of hydrogen-bond donors (Lipinski definition) is 1. The fraction of sp³-hybridized carbons (Fsp3) is 0.391. The molecule has 1 saturated carbocycles. The molecule has 3 amide bonds. The van der Waals surface area contributed by atoms with E-state index in [1.165, 1.54) is 30.9 Å². The average molecular weight is 424 g/mol. The Bertz CT molecular complexity index is 1010. The minimum Gasteiger partial charge on any atom is -0.467 e. The number of benzene rings is 1. The number of imide groups is 1. The number of hydrogen-bond acceptors (Lipinski definition) is 6. The molecule has 8 heteroatoms. The highest BCUT2D eigenvalue weighted by molar-refractivity contribution is 6.21. The zero-order chi connectivity index (χ0) is 22.0. The van der Waals surface area contributed by atoms with E-state index in [0.717, 1.165) is 24.2 Å². The lowest BCUT2D eigenvalue weighted by Gasteiger charge is -2.29. The van der Waals surface area contributed by atoms with Gasteiger partial charge in [-0.3, -0.25) is 19.3 Å². The van der Waals surface area contributed by atoms with Gasteiger partial charge in [-0.1, -0.05) is 19.8 Å². The highest BCUT2D eigenvalue weighted by Gasteiger charge is 2.36. The van der Waals surface area contributed by atoms with Gasteiger partial charge in [0.2, 0.25) is 0 Å². The minimum absolute atomic E-state index is 0.0128. The van der Waals surface area contributed by atoms with E-state index < -0.39 is 24.4 Å². The van der Waals surface area contributed by atoms with Gasteiger partial charge in [0.25, 0.3) is 17.7 Å². The van der Waals surface area contributed by atoms with Gasteiger partial charge in [-0.2, -0.15) is 0 Å². The molecule has 1 aliphatic heterocycles. The van der Waals surface area contributed by atoms with E-state index in [9.17, 15) is 19.2 Å². The Hall–Kier alpha value is -3.42. The van der Waals surface area contributed by atoms with Gasteiger partial charge >= 0.3 is 5.97 Å². The number of nitrogens with one attached hydrogen (secondary N) is 1. The second-order valence-corrected chi connectivity index (χ2v) is 8.05. The maximum Gasteiger partial charge on any atom is 0.338 e. The summed E-state index contributed by atoms with van der Waals surface area (Å²) in [4.78, 5) is 50.9. The molecule has 2 heterocycles. The highest BCUT2D eigenvalue weighted by atomic mass is 16.5. The van der Waals surface area contributed by atoms with Crippen molar-refractivity contribution in [2.45, 2.75) is 45.2 Å². The molecule has 1 fully saturated rings. The first-order chi connectivity index (χ1) is 14.9. The molecule has 0 spiro atoms. The standard InChI is InChI=1S/C23H24N2O6/c1-14-5-2-3-7-19(14)24-20(26)13-31-23(29)15-8-9-17-18(11-15)22(28)25(21(17)27)12-16-6-4-10-30-16/h4,6,8-11,14,19H,2-3,5,7,12-13H2,1H3,(H,24,26)/t14-,19-/m0/s1. The second-order valence-electron chi connectivity index (χ2n) is 8.05. The summed E-state index contributed by atoms with van der Waals surface area (Å²) in [7, 11) is 0. The molecule has 0 bridgehead atoms. The number of fused-ring (bicyclic) bond motifs is 1. The minimum atomic E-state index is -0.723. The summed E-state index contributed by atoms with van der Waals surface area (Å²) >= 11 is 0. The number of esters is 1. The molecule has 4 rings (SSSR count). The van der Waals surface area contributed by atoms with Crippen LogP contribution in [0.5, 0.6) is 0 Å². The van der Waals surface area contributed by atoms with Crippen LogP contribution in [0.3, 0.4) is 0 Å².